The number of hydrogen-bond donors (Lipinski definition) is 0. The molecule has 0 aromatic carbocycles. The maximum absolute atomic E-state index is 12.8. The van der Waals surface area contributed by atoms with Gasteiger partial charge < -0.3 is 4.90 Å². The monoisotopic (exact) mass is 316 g/mol. The van der Waals surface area contributed by atoms with Crippen molar-refractivity contribution < 1.29 is 4.79 Å². The molecule has 6 rings (SSSR count). The molecule has 2 saturated heterocycles. The molecule has 1 amide bonds. The van der Waals surface area contributed by atoms with Crippen molar-refractivity contribution in [2.24, 2.45) is 23.2 Å². The van der Waals surface area contributed by atoms with E-state index in [0.29, 0.717) is 17.4 Å². The molecular formula is C20H32N2O. The van der Waals surface area contributed by atoms with Crippen LogP contribution in [0.4, 0.5) is 0 Å². The standard InChI is InChI=1S/C20H32N2O/c23-19(22-13-18(14-22)21-4-2-1-3-5-21)12-20-9-15-6-16(10-20)8-17(7-15)11-20/h15-18H,1-14H2. The van der Waals surface area contributed by atoms with E-state index < -0.39 is 0 Å². The minimum atomic E-state index is 0.419. The summed E-state index contributed by atoms with van der Waals surface area (Å²) >= 11 is 0. The van der Waals surface area contributed by atoms with Crippen LogP contribution in [0.25, 0.3) is 0 Å². The Morgan fingerprint density at radius 3 is 2.00 bits per heavy atom. The summed E-state index contributed by atoms with van der Waals surface area (Å²) in [6, 6.07) is 0.676. The van der Waals surface area contributed by atoms with Gasteiger partial charge in [-0.05, 0) is 87.6 Å². The number of carbonyl (C=O) groups is 1. The molecule has 2 heterocycles. The quantitative estimate of drug-likeness (QED) is 0.798. The van der Waals surface area contributed by atoms with Crippen molar-refractivity contribution in [1.29, 1.82) is 0 Å². The number of nitrogens with zero attached hydrogens (tertiary/aromatic N) is 2. The minimum Gasteiger partial charge on any atom is -0.339 e. The molecule has 0 aromatic rings. The SMILES string of the molecule is O=C(CC12CC3CC(CC(C3)C1)C2)N1CC(N2CCCCC2)C1. The van der Waals surface area contributed by atoms with Gasteiger partial charge in [0.15, 0.2) is 0 Å². The van der Waals surface area contributed by atoms with Crippen molar-refractivity contribution in [1.82, 2.24) is 9.80 Å². The molecular weight excluding hydrogens is 284 g/mol. The summed E-state index contributed by atoms with van der Waals surface area (Å²) in [6.45, 7) is 4.57. The lowest BCUT2D eigenvalue weighted by atomic mass is 9.49. The van der Waals surface area contributed by atoms with E-state index in [0.717, 1.165) is 37.3 Å². The van der Waals surface area contributed by atoms with E-state index in [1.54, 1.807) is 0 Å². The van der Waals surface area contributed by atoms with Gasteiger partial charge in [0, 0.05) is 25.6 Å². The molecule has 23 heavy (non-hydrogen) atoms. The van der Waals surface area contributed by atoms with Crippen molar-refractivity contribution in [3.8, 4) is 0 Å². The second kappa shape index (κ2) is 5.47. The van der Waals surface area contributed by atoms with Crippen molar-refractivity contribution in [2.45, 2.75) is 70.3 Å². The van der Waals surface area contributed by atoms with Gasteiger partial charge in [-0.2, -0.15) is 0 Å². The second-order valence-corrected chi connectivity index (χ2v) is 9.64. The topological polar surface area (TPSA) is 23.6 Å². The van der Waals surface area contributed by atoms with E-state index in [9.17, 15) is 4.79 Å². The second-order valence-electron chi connectivity index (χ2n) is 9.64. The highest BCUT2D eigenvalue weighted by atomic mass is 16.2. The zero-order valence-corrected chi connectivity index (χ0v) is 14.5. The lowest BCUT2D eigenvalue weighted by Crippen LogP contribution is -2.62. The summed E-state index contributed by atoms with van der Waals surface area (Å²) in [5.41, 5.74) is 0.419. The number of piperidine rings is 1. The van der Waals surface area contributed by atoms with Crippen molar-refractivity contribution in [3.63, 3.8) is 0 Å². The molecule has 6 aliphatic rings. The van der Waals surface area contributed by atoms with E-state index >= 15 is 0 Å². The van der Waals surface area contributed by atoms with Crippen LogP contribution in [0, 0.1) is 23.2 Å². The summed E-state index contributed by atoms with van der Waals surface area (Å²) in [5.74, 6) is 3.38. The van der Waals surface area contributed by atoms with Crippen LogP contribution in [0.1, 0.15) is 64.2 Å². The molecule has 0 atom stereocenters. The number of rotatable bonds is 3. The molecule has 2 aliphatic heterocycles. The first kappa shape index (κ1) is 14.7. The largest absolute Gasteiger partial charge is 0.339 e. The van der Waals surface area contributed by atoms with E-state index in [1.807, 2.05) is 0 Å². The number of amides is 1. The summed E-state index contributed by atoms with van der Waals surface area (Å²) in [5, 5.41) is 0. The average Bonchev–Trinajstić information content (AvgIpc) is 2.44. The molecule has 0 spiro atoms. The van der Waals surface area contributed by atoms with Crippen molar-refractivity contribution in [2.75, 3.05) is 26.2 Å². The van der Waals surface area contributed by atoms with Gasteiger partial charge in [0.1, 0.15) is 0 Å². The van der Waals surface area contributed by atoms with Crippen LogP contribution in [0.2, 0.25) is 0 Å². The van der Waals surface area contributed by atoms with E-state index in [-0.39, 0.29) is 0 Å². The highest BCUT2D eigenvalue weighted by molar-refractivity contribution is 5.78. The average molecular weight is 316 g/mol. The maximum atomic E-state index is 12.8. The van der Waals surface area contributed by atoms with Crippen LogP contribution in [-0.2, 0) is 4.79 Å². The predicted octanol–water partition coefficient (Wildman–Crippen LogP) is 3.29. The van der Waals surface area contributed by atoms with Crippen LogP contribution in [-0.4, -0.2) is 47.9 Å². The van der Waals surface area contributed by atoms with Crippen molar-refractivity contribution in [3.05, 3.63) is 0 Å². The first-order valence-electron chi connectivity index (χ1n) is 10.2. The Bertz CT molecular complexity index is 441. The Labute approximate surface area is 140 Å². The highest BCUT2D eigenvalue weighted by Gasteiger charge is 2.52. The molecule has 4 bridgehead atoms. The Kier molecular flexibility index (Phi) is 3.51. The lowest BCUT2D eigenvalue weighted by Gasteiger charge is -2.57. The third kappa shape index (κ3) is 2.63. The molecule has 6 fully saturated rings. The highest BCUT2D eigenvalue weighted by Crippen LogP contribution is 2.61. The Hall–Kier alpha value is -0.570. The van der Waals surface area contributed by atoms with Gasteiger partial charge in [-0.3, -0.25) is 9.69 Å². The molecule has 0 aromatic heterocycles. The van der Waals surface area contributed by atoms with Gasteiger partial charge in [0.25, 0.3) is 0 Å². The van der Waals surface area contributed by atoms with Gasteiger partial charge >= 0.3 is 0 Å². The molecule has 4 aliphatic carbocycles. The molecule has 3 nitrogen and oxygen atoms in total. The Balaban J connectivity index is 1.17. The zero-order chi connectivity index (χ0) is 15.4. The van der Waals surface area contributed by atoms with Crippen LogP contribution in [0.3, 0.4) is 0 Å². The van der Waals surface area contributed by atoms with Crippen LogP contribution < -0.4 is 0 Å². The van der Waals surface area contributed by atoms with Gasteiger partial charge in [0.05, 0.1) is 0 Å². The summed E-state index contributed by atoms with van der Waals surface area (Å²) in [6.07, 6.45) is 13.5. The number of likely N-dealkylation sites (tertiary alicyclic amines) is 2. The number of carbonyl (C=O) groups excluding carboxylic acids is 1. The maximum Gasteiger partial charge on any atom is 0.223 e. The number of hydrogen-bond acceptors (Lipinski definition) is 2. The van der Waals surface area contributed by atoms with E-state index in [4.69, 9.17) is 0 Å². The fraction of sp³-hybridized carbons (Fsp3) is 0.950. The first-order chi connectivity index (χ1) is 11.2. The van der Waals surface area contributed by atoms with Crippen LogP contribution in [0.5, 0.6) is 0 Å². The van der Waals surface area contributed by atoms with Gasteiger partial charge in [0.2, 0.25) is 5.91 Å². The first-order valence-corrected chi connectivity index (χ1v) is 10.2. The molecule has 0 N–H and O–H groups in total. The summed E-state index contributed by atoms with van der Waals surface area (Å²) in [7, 11) is 0. The van der Waals surface area contributed by atoms with E-state index in [2.05, 4.69) is 9.80 Å². The molecule has 0 radical (unpaired) electrons. The fourth-order valence-electron chi connectivity index (χ4n) is 7.11. The Morgan fingerprint density at radius 1 is 0.870 bits per heavy atom. The van der Waals surface area contributed by atoms with Crippen LogP contribution in [0.15, 0.2) is 0 Å². The third-order valence-corrected chi connectivity index (χ3v) is 7.81. The molecule has 0 unspecified atom stereocenters. The van der Waals surface area contributed by atoms with Gasteiger partial charge in [-0.1, -0.05) is 6.42 Å². The van der Waals surface area contributed by atoms with Gasteiger partial charge in [-0.15, -0.1) is 0 Å². The van der Waals surface area contributed by atoms with E-state index in [1.165, 1.54) is 70.9 Å². The van der Waals surface area contributed by atoms with Crippen LogP contribution >= 0.6 is 0 Å². The molecule has 4 saturated carbocycles. The summed E-state index contributed by atoms with van der Waals surface area (Å²) < 4.78 is 0. The lowest BCUT2D eigenvalue weighted by molar-refractivity contribution is -0.147. The summed E-state index contributed by atoms with van der Waals surface area (Å²) in [4.78, 5) is 17.7. The van der Waals surface area contributed by atoms with Crippen molar-refractivity contribution >= 4 is 5.91 Å². The zero-order valence-electron chi connectivity index (χ0n) is 14.5. The Morgan fingerprint density at radius 2 is 1.43 bits per heavy atom. The normalized spacial score (nSPS) is 43.7. The molecule has 3 heteroatoms. The smallest absolute Gasteiger partial charge is 0.223 e. The molecule has 128 valence electrons. The predicted molar refractivity (Wildman–Crippen MR) is 91.0 cm³/mol. The van der Waals surface area contributed by atoms with Gasteiger partial charge in [-0.25, -0.2) is 0 Å². The minimum absolute atomic E-state index is 0.419. The fourth-order valence-corrected chi connectivity index (χ4v) is 7.11. The third-order valence-electron chi connectivity index (χ3n) is 7.81.